The summed E-state index contributed by atoms with van der Waals surface area (Å²) in [5, 5.41) is 0. The second-order valence-corrected chi connectivity index (χ2v) is 0.344. The Morgan fingerprint density at radius 1 is 1.00 bits per heavy atom. The summed E-state index contributed by atoms with van der Waals surface area (Å²) in [5.41, 5.74) is 0. The zero-order valence-corrected chi connectivity index (χ0v) is 7.27. The van der Waals surface area contributed by atoms with Crippen molar-refractivity contribution in [2.24, 2.45) is 0 Å². The fourth-order valence-electron chi connectivity index (χ4n) is 0. The van der Waals surface area contributed by atoms with Crippen LogP contribution in [0.5, 0.6) is 0 Å². The van der Waals surface area contributed by atoms with E-state index in [9.17, 15) is 0 Å². The summed E-state index contributed by atoms with van der Waals surface area (Å²) >= 11 is -2.00. The summed E-state index contributed by atoms with van der Waals surface area (Å²) in [7, 11) is 0. The SMILES string of the molecule is [Cl-].[Cl-].[Mg+2].[O]=[Ti]=[O]. The molecule has 32 valence electrons. The van der Waals surface area contributed by atoms with E-state index in [0.29, 0.717) is 0 Å². The molecule has 0 aliphatic rings. The van der Waals surface area contributed by atoms with Gasteiger partial charge in [0, 0.05) is 0 Å². The van der Waals surface area contributed by atoms with Crippen molar-refractivity contribution in [3.8, 4) is 0 Å². The summed E-state index contributed by atoms with van der Waals surface area (Å²) in [4.78, 5) is 0. The van der Waals surface area contributed by atoms with Crippen molar-refractivity contribution in [1.29, 1.82) is 0 Å². The Balaban J connectivity index is -0.00000000667. The quantitative estimate of drug-likeness (QED) is 0.343. The fraction of sp³-hybridized carbons (Fsp3) is 0. The van der Waals surface area contributed by atoms with Gasteiger partial charge >= 0.3 is 48.8 Å². The Morgan fingerprint density at radius 3 is 1.00 bits per heavy atom. The van der Waals surface area contributed by atoms with Crippen LogP contribution in [0, 0.1) is 0 Å². The first kappa shape index (κ1) is 25.4. The van der Waals surface area contributed by atoms with Gasteiger partial charge in [-0.2, -0.15) is 0 Å². The first-order valence-electron chi connectivity index (χ1n) is 0.408. The third kappa shape index (κ3) is 44.6. The molecule has 0 aliphatic heterocycles. The molecule has 0 radical (unpaired) electrons. The zero-order valence-electron chi connectivity index (χ0n) is 2.78. The molecule has 0 amide bonds. The van der Waals surface area contributed by atoms with E-state index < -0.39 is 19.1 Å². The van der Waals surface area contributed by atoms with E-state index in [1.165, 1.54) is 0 Å². The van der Waals surface area contributed by atoms with Gasteiger partial charge in [-0.15, -0.1) is 0 Å². The van der Waals surface area contributed by atoms with Crippen molar-refractivity contribution >= 4 is 23.1 Å². The molecule has 0 saturated carbocycles. The van der Waals surface area contributed by atoms with E-state index in [2.05, 4.69) is 0 Å². The van der Waals surface area contributed by atoms with Crippen LogP contribution in [0.1, 0.15) is 0 Å². The minimum atomic E-state index is -2.00. The third-order valence-corrected chi connectivity index (χ3v) is 0. The first-order chi connectivity index (χ1) is 1.41. The van der Waals surface area contributed by atoms with Gasteiger partial charge in [0.2, 0.25) is 0 Å². The van der Waals surface area contributed by atoms with Gasteiger partial charge in [0.1, 0.15) is 0 Å². The average molecular weight is 175 g/mol. The summed E-state index contributed by atoms with van der Waals surface area (Å²) in [5.74, 6) is 0. The van der Waals surface area contributed by atoms with Gasteiger partial charge in [-0.05, 0) is 0 Å². The van der Waals surface area contributed by atoms with Gasteiger partial charge < -0.3 is 24.8 Å². The van der Waals surface area contributed by atoms with Gasteiger partial charge in [0.05, 0.1) is 0 Å². The monoisotopic (exact) mass is 174 g/mol. The molecule has 0 atom stereocenters. The van der Waals surface area contributed by atoms with Crippen LogP contribution >= 0.6 is 0 Å². The summed E-state index contributed by atoms with van der Waals surface area (Å²) in [6, 6.07) is 0. The van der Waals surface area contributed by atoms with Crippen LogP contribution in [-0.4, -0.2) is 23.1 Å². The Kier molecular flexibility index (Phi) is 127. The molecule has 0 rings (SSSR count). The predicted molar refractivity (Wildman–Crippen MR) is 7.13 cm³/mol. The Morgan fingerprint density at radius 2 is 1.00 bits per heavy atom. The second kappa shape index (κ2) is 30.2. The summed E-state index contributed by atoms with van der Waals surface area (Å²) < 4.78 is 17.0. The molecule has 2 nitrogen and oxygen atoms in total. The fourth-order valence-corrected chi connectivity index (χ4v) is 0. The van der Waals surface area contributed by atoms with Crippen molar-refractivity contribution in [1.82, 2.24) is 0 Å². The van der Waals surface area contributed by atoms with E-state index >= 15 is 0 Å². The van der Waals surface area contributed by atoms with Gasteiger partial charge in [-0.1, -0.05) is 0 Å². The maximum absolute atomic E-state index is 8.50. The standard InChI is InChI=1S/2ClH.Mg.2O.Ti/h2*1H;;;;/q;;+2;;;/p-2. The molecule has 6 heteroatoms. The molecule has 0 aromatic rings. The number of hydrogen-bond donors (Lipinski definition) is 0. The van der Waals surface area contributed by atoms with E-state index in [-0.39, 0.29) is 47.9 Å². The van der Waals surface area contributed by atoms with Crippen LogP contribution in [0.4, 0.5) is 0 Å². The van der Waals surface area contributed by atoms with Gasteiger partial charge in [-0.25, -0.2) is 0 Å². The maximum atomic E-state index is 8.50. The molecule has 0 unspecified atom stereocenters. The van der Waals surface area contributed by atoms with E-state index in [0.717, 1.165) is 0 Å². The molecule has 0 bridgehead atoms. The average Bonchev–Trinajstić information content (AvgIpc) is 0.918. The minimum absolute atomic E-state index is 0. The Hall–Kier alpha value is 1.66. The molecule has 0 aromatic carbocycles. The molecule has 0 aromatic heterocycles. The van der Waals surface area contributed by atoms with Gasteiger partial charge in [0.15, 0.2) is 0 Å². The Labute approximate surface area is 73.0 Å². The van der Waals surface area contributed by atoms with Crippen molar-refractivity contribution in [3.05, 3.63) is 0 Å². The van der Waals surface area contributed by atoms with Crippen molar-refractivity contribution in [2.45, 2.75) is 0 Å². The zero-order chi connectivity index (χ0) is 2.71. The second-order valence-electron chi connectivity index (χ2n) is 0.0833. The molecule has 0 aliphatic carbocycles. The van der Waals surface area contributed by atoms with Gasteiger partial charge in [0.25, 0.3) is 0 Å². The molecular formula is Cl2MgO2Ti. The van der Waals surface area contributed by atoms with Gasteiger partial charge in [-0.3, -0.25) is 0 Å². The molecule has 6 heavy (non-hydrogen) atoms. The topological polar surface area (TPSA) is 34.1 Å². The van der Waals surface area contributed by atoms with Crippen molar-refractivity contribution in [2.75, 3.05) is 0 Å². The molecule has 0 heterocycles. The Bertz CT molecular complexity index is 32.5. The molecule has 0 fully saturated rings. The normalized spacial score (nSPS) is 1.33. The van der Waals surface area contributed by atoms with Crippen LogP contribution in [0.3, 0.4) is 0 Å². The van der Waals surface area contributed by atoms with Crippen molar-refractivity contribution in [3.63, 3.8) is 0 Å². The summed E-state index contributed by atoms with van der Waals surface area (Å²) in [6.07, 6.45) is 0. The van der Waals surface area contributed by atoms with Crippen LogP contribution < -0.4 is 24.8 Å². The van der Waals surface area contributed by atoms with E-state index in [4.69, 9.17) is 6.65 Å². The van der Waals surface area contributed by atoms with Crippen LogP contribution in [-0.2, 0) is 25.7 Å². The number of hydrogen-bond acceptors (Lipinski definition) is 2. The summed E-state index contributed by atoms with van der Waals surface area (Å²) in [6.45, 7) is 0. The first-order valence-corrected chi connectivity index (χ1v) is 1.68. The predicted octanol–water partition coefficient (Wildman–Crippen LogP) is -6.61. The number of halogens is 2. The molecule has 0 saturated heterocycles. The third-order valence-electron chi connectivity index (χ3n) is 0. The molecule has 0 N–H and O–H groups in total. The van der Waals surface area contributed by atoms with Crippen LogP contribution in [0.15, 0.2) is 0 Å². The molecule has 0 spiro atoms. The van der Waals surface area contributed by atoms with E-state index in [1.807, 2.05) is 0 Å². The van der Waals surface area contributed by atoms with Crippen LogP contribution in [0.2, 0.25) is 0 Å². The van der Waals surface area contributed by atoms with Crippen LogP contribution in [0.25, 0.3) is 0 Å². The molecular weight excluding hydrogens is 175 g/mol. The van der Waals surface area contributed by atoms with Crippen molar-refractivity contribution < 1.29 is 50.6 Å². The van der Waals surface area contributed by atoms with E-state index in [1.54, 1.807) is 0 Å². The number of rotatable bonds is 0.